The summed E-state index contributed by atoms with van der Waals surface area (Å²) in [4.78, 5) is 4.24. The Hall–Kier alpha value is -1.88. The third-order valence-electron chi connectivity index (χ3n) is 4.26. The highest BCUT2D eigenvalue weighted by Gasteiger charge is 2.16. The monoisotopic (exact) mass is 343 g/mol. The minimum Gasteiger partial charge on any atom is -0.339 e. The van der Waals surface area contributed by atoms with Crippen LogP contribution in [0.4, 0.5) is 0 Å². The third kappa shape index (κ3) is 3.61. The Bertz CT molecular complexity index is 786. The molecular formula is C19H22ClN3O. The molecule has 24 heavy (non-hydrogen) atoms. The lowest BCUT2D eigenvalue weighted by molar-refractivity contribution is 0.164. The van der Waals surface area contributed by atoms with Gasteiger partial charge in [-0.05, 0) is 31.0 Å². The standard InChI is InChI=1S/C19H22ClN3O/c20-18-16-9-3-4-10-17(16)23(13-6-2-1-5-12-22-24)19(18)15-8-7-11-21-14-15/h3-4,7-11,14,22,24H,1-2,5-6,12-13H2. The van der Waals surface area contributed by atoms with Crippen molar-refractivity contribution in [1.29, 1.82) is 0 Å². The lowest BCUT2D eigenvalue weighted by Gasteiger charge is -2.11. The van der Waals surface area contributed by atoms with Crippen LogP contribution >= 0.6 is 11.6 Å². The van der Waals surface area contributed by atoms with Gasteiger partial charge in [-0.15, -0.1) is 0 Å². The Labute approximate surface area is 147 Å². The van der Waals surface area contributed by atoms with Gasteiger partial charge < -0.3 is 9.77 Å². The second-order valence-corrected chi connectivity index (χ2v) is 6.27. The number of hydroxylamine groups is 1. The van der Waals surface area contributed by atoms with Crippen molar-refractivity contribution in [2.24, 2.45) is 0 Å². The van der Waals surface area contributed by atoms with E-state index in [2.05, 4.69) is 39.3 Å². The Kier molecular flexibility index (Phi) is 5.86. The lowest BCUT2D eigenvalue weighted by atomic mass is 10.1. The number of pyridine rings is 1. The van der Waals surface area contributed by atoms with E-state index in [-0.39, 0.29) is 0 Å². The highest BCUT2D eigenvalue weighted by Crippen LogP contribution is 2.37. The summed E-state index contributed by atoms with van der Waals surface area (Å²) in [6.45, 7) is 1.57. The van der Waals surface area contributed by atoms with E-state index in [4.69, 9.17) is 16.8 Å². The summed E-state index contributed by atoms with van der Waals surface area (Å²) < 4.78 is 2.30. The van der Waals surface area contributed by atoms with E-state index >= 15 is 0 Å². The molecule has 0 amide bonds. The predicted octanol–water partition coefficient (Wildman–Crippen LogP) is 4.90. The zero-order valence-electron chi connectivity index (χ0n) is 13.6. The molecule has 0 aliphatic rings. The van der Waals surface area contributed by atoms with Crippen LogP contribution in [0.5, 0.6) is 0 Å². The molecule has 0 unspecified atom stereocenters. The second-order valence-electron chi connectivity index (χ2n) is 5.90. The number of hydrogen-bond donors (Lipinski definition) is 2. The van der Waals surface area contributed by atoms with Crippen LogP contribution in [0, 0.1) is 0 Å². The van der Waals surface area contributed by atoms with E-state index in [1.807, 2.05) is 18.3 Å². The van der Waals surface area contributed by atoms with Crippen LogP contribution in [0.3, 0.4) is 0 Å². The number of aromatic nitrogens is 2. The van der Waals surface area contributed by atoms with Crippen LogP contribution in [0.2, 0.25) is 5.02 Å². The molecule has 0 saturated carbocycles. The van der Waals surface area contributed by atoms with Gasteiger partial charge in [0.2, 0.25) is 0 Å². The van der Waals surface area contributed by atoms with Gasteiger partial charge >= 0.3 is 0 Å². The average molecular weight is 344 g/mol. The molecule has 0 aliphatic carbocycles. The molecule has 0 atom stereocenters. The summed E-state index contributed by atoms with van der Waals surface area (Å²) in [5.41, 5.74) is 5.46. The molecule has 4 nitrogen and oxygen atoms in total. The van der Waals surface area contributed by atoms with Gasteiger partial charge in [0.25, 0.3) is 0 Å². The summed E-state index contributed by atoms with van der Waals surface area (Å²) >= 11 is 6.69. The van der Waals surface area contributed by atoms with Crippen molar-refractivity contribution in [3.8, 4) is 11.3 Å². The molecule has 126 valence electrons. The van der Waals surface area contributed by atoms with Crippen LogP contribution in [-0.2, 0) is 6.54 Å². The number of benzene rings is 1. The van der Waals surface area contributed by atoms with Gasteiger partial charge in [0.15, 0.2) is 0 Å². The molecule has 0 spiro atoms. The largest absolute Gasteiger partial charge is 0.339 e. The smallest absolute Gasteiger partial charge is 0.0743 e. The zero-order chi connectivity index (χ0) is 16.8. The van der Waals surface area contributed by atoms with Crippen molar-refractivity contribution < 1.29 is 5.21 Å². The molecular weight excluding hydrogens is 322 g/mol. The Morgan fingerprint density at radius 1 is 1.04 bits per heavy atom. The molecule has 0 fully saturated rings. The molecule has 0 saturated heterocycles. The van der Waals surface area contributed by atoms with Gasteiger partial charge in [0.05, 0.1) is 16.2 Å². The minimum atomic E-state index is 0.652. The number of hydrogen-bond acceptors (Lipinski definition) is 3. The van der Waals surface area contributed by atoms with Gasteiger partial charge in [-0.1, -0.05) is 42.6 Å². The second kappa shape index (κ2) is 8.29. The first-order valence-corrected chi connectivity index (χ1v) is 8.75. The number of para-hydroxylation sites is 1. The van der Waals surface area contributed by atoms with Crippen LogP contribution in [0.1, 0.15) is 25.7 Å². The summed E-state index contributed by atoms with van der Waals surface area (Å²) in [5.74, 6) is 0. The van der Waals surface area contributed by atoms with Gasteiger partial charge in [-0.3, -0.25) is 4.98 Å². The third-order valence-corrected chi connectivity index (χ3v) is 4.65. The fourth-order valence-corrected chi connectivity index (χ4v) is 3.48. The quantitative estimate of drug-likeness (QED) is 0.452. The molecule has 5 heteroatoms. The van der Waals surface area contributed by atoms with E-state index < -0.39 is 0 Å². The highest BCUT2D eigenvalue weighted by atomic mass is 35.5. The van der Waals surface area contributed by atoms with Gasteiger partial charge in [0, 0.05) is 36.4 Å². The van der Waals surface area contributed by atoms with E-state index in [1.54, 1.807) is 6.20 Å². The molecule has 0 aliphatic heterocycles. The maximum atomic E-state index is 8.61. The van der Waals surface area contributed by atoms with E-state index in [0.29, 0.717) is 6.54 Å². The Morgan fingerprint density at radius 3 is 2.67 bits per heavy atom. The molecule has 3 rings (SSSR count). The number of nitrogens with zero attached hydrogens (tertiary/aromatic N) is 2. The number of rotatable bonds is 8. The van der Waals surface area contributed by atoms with Gasteiger partial charge in [-0.2, -0.15) is 0 Å². The summed E-state index contributed by atoms with van der Waals surface area (Å²) in [5, 5.41) is 10.5. The number of aryl methyl sites for hydroxylation is 1. The Balaban J connectivity index is 1.87. The zero-order valence-corrected chi connectivity index (χ0v) is 14.3. The predicted molar refractivity (Wildman–Crippen MR) is 98.4 cm³/mol. The fourth-order valence-electron chi connectivity index (χ4n) is 3.11. The molecule has 2 N–H and O–H groups in total. The van der Waals surface area contributed by atoms with Gasteiger partial charge in [-0.25, -0.2) is 5.48 Å². The molecule has 3 aromatic rings. The van der Waals surface area contributed by atoms with Crippen molar-refractivity contribution in [3.63, 3.8) is 0 Å². The molecule has 2 heterocycles. The summed E-state index contributed by atoms with van der Waals surface area (Å²) in [6, 6.07) is 12.3. The van der Waals surface area contributed by atoms with E-state index in [9.17, 15) is 0 Å². The summed E-state index contributed by atoms with van der Waals surface area (Å²) in [6.07, 6.45) is 7.93. The molecule has 1 aromatic carbocycles. The Morgan fingerprint density at radius 2 is 1.88 bits per heavy atom. The lowest BCUT2D eigenvalue weighted by Crippen LogP contribution is -2.08. The maximum absolute atomic E-state index is 8.61. The summed E-state index contributed by atoms with van der Waals surface area (Å²) in [7, 11) is 0. The topological polar surface area (TPSA) is 50.1 Å². The highest BCUT2D eigenvalue weighted by molar-refractivity contribution is 6.38. The number of fused-ring (bicyclic) bond motifs is 1. The van der Waals surface area contributed by atoms with Crippen LogP contribution in [0.25, 0.3) is 22.2 Å². The first kappa shape index (κ1) is 17.0. The van der Waals surface area contributed by atoms with E-state index in [1.165, 1.54) is 5.52 Å². The SMILES string of the molecule is ONCCCCCCn1c(-c2cccnc2)c(Cl)c2ccccc21. The van der Waals surface area contributed by atoms with Crippen molar-refractivity contribution in [3.05, 3.63) is 53.8 Å². The minimum absolute atomic E-state index is 0.652. The maximum Gasteiger partial charge on any atom is 0.0743 e. The van der Waals surface area contributed by atoms with Crippen LogP contribution in [0.15, 0.2) is 48.8 Å². The van der Waals surface area contributed by atoms with Crippen LogP contribution < -0.4 is 5.48 Å². The average Bonchev–Trinajstić information content (AvgIpc) is 2.91. The fraction of sp³-hybridized carbons (Fsp3) is 0.316. The van der Waals surface area contributed by atoms with E-state index in [0.717, 1.165) is 53.9 Å². The van der Waals surface area contributed by atoms with Gasteiger partial charge in [0.1, 0.15) is 0 Å². The number of nitrogens with one attached hydrogen (secondary N) is 1. The number of halogens is 1. The first-order chi connectivity index (χ1) is 11.8. The molecule has 0 bridgehead atoms. The van der Waals surface area contributed by atoms with Crippen LogP contribution in [-0.4, -0.2) is 21.3 Å². The first-order valence-electron chi connectivity index (χ1n) is 8.37. The van der Waals surface area contributed by atoms with Crippen molar-refractivity contribution in [2.45, 2.75) is 32.2 Å². The van der Waals surface area contributed by atoms with Crippen molar-refractivity contribution in [2.75, 3.05) is 6.54 Å². The van der Waals surface area contributed by atoms with Crippen molar-refractivity contribution in [1.82, 2.24) is 15.0 Å². The van der Waals surface area contributed by atoms with Crippen molar-refractivity contribution >= 4 is 22.5 Å². The molecule has 0 radical (unpaired) electrons. The normalized spacial score (nSPS) is 11.2. The number of unbranched alkanes of at least 4 members (excludes halogenated alkanes) is 3. The molecule has 2 aromatic heterocycles.